The van der Waals surface area contributed by atoms with E-state index in [4.69, 9.17) is 94.7 Å². The lowest BCUT2D eigenvalue weighted by Gasteiger charge is -2.51. The third-order valence-electron chi connectivity index (χ3n) is 18.8. The summed E-state index contributed by atoms with van der Waals surface area (Å²) < 4.78 is 124. The summed E-state index contributed by atoms with van der Waals surface area (Å²) in [7, 11) is 0. The average molecular weight is 1700 g/mol. The maximum absolute atomic E-state index is 15.2. The Morgan fingerprint density at radius 1 is 0.369 bits per heavy atom. The number of carbonyl (C=O) groups is 13. The first kappa shape index (κ1) is 89.9. The molecule has 39 nitrogen and oxygen atoms in total. The molecule has 0 bridgehead atoms. The second-order valence-electron chi connectivity index (χ2n) is 27.9. The average Bonchev–Trinajstić information content (AvgIpc) is 1.36. The van der Waals surface area contributed by atoms with Gasteiger partial charge in [0.15, 0.2) is 61.8 Å². The van der Waals surface area contributed by atoms with Gasteiger partial charge in [0.1, 0.15) is 90.2 Å². The molecule has 6 N–H and O–H groups in total. The Morgan fingerprint density at radius 2 is 0.779 bits per heavy atom. The number of nitrogens with one attached hydrogen (secondary N) is 6. The number of esters is 7. The van der Waals surface area contributed by atoms with Crippen LogP contribution in [0.5, 0.6) is 28.7 Å². The van der Waals surface area contributed by atoms with Crippen molar-refractivity contribution in [1.82, 2.24) is 31.9 Å². The quantitative estimate of drug-likeness (QED) is 0.0225. The number of ether oxygens (including phenoxy) is 20. The summed E-state index contributed by atoms with van der Waals surface area (Å²) >= 11 is 0. The topological polar surface area (TPSA) is 479 Å². The molecule has 6 aromatic carbocycles. The van der Waals surface area contributed by atoms with Gasteiger partial charge in [-0.3, -0.25) is 38.4 Å². The number of amides is 6. The first-order chi connectivity index (χ1) is 58.7. The van der Waals surface area contributed by atoms with E-state index in [9.17, 15) is 57.5 Å². The van der Waals surface area contributed by atoms with Gasteiger partial charge in [-0.1, -0.05) is 121 Å². The zero-order chi connectivity index (χ0) is 86.9. The largest absolute Gasteiger partial charge is 0.463 e. The van der Waals surface area contributed by atoms with Crippen LogP contribution in [-0.4, -0.2) is 227 Å². The van der Waals surface area contributed by atoms with E-state index in [1.165, 1.54) is 72.8 Å². The van der Waals surface area contributed by atoms with Gasteiger partial charge in [0.25, 0.3) is 5.91 Å². The lowest BCUT2D eigenvalue weighted by atomic mass is 9.82. The minimum Gasteiger partial charge on any atom is -0.463 e. The van der Waals surface area contributed by atoms with Crippen LogP contribution in [0, 0.1) is 0 Å². The molecular weight excluding hydrogens is 1610 g/mol. The number of rotatable bonds is 30. The van der Waals surface area contributed by atoms with E-state index in [2.05, 4.69) is 31.9 Å². The molecule has 122 heavy (non-hydrogen) atoms. The predicted molar refractivity (Wildman–Crippen MR) is 411 cm³/mol. The maximum Gasteiger partial charge on any atom is 0.413 e. The van der Waals surface area contributed by atoms with E-state index in [1.807, 2.05) is 0 Å². The zero-order valence-corrected chi connectivity index (χ0v) is 66.7. The standard InChI is InChI=1S/C83H90N6O33/c1-44(90)103-42-61-69(121-76-63(88-82(101)114-55-34-22-12-23-35-55)70(108-48(5)94)67(107-47(4)93)60(116-76)41-85-80(99)112-53-30-18-10-19-31-53)73(110-50(7)96)78(118-61)122-72-65(106-46(3)92)57(86-74(97)59(105-45(2)91)38-39-84-79(98)111-52-28-16-9-17-29-52)40-58(87-81(100)113-54-32-20-11-21-33-54)66(72)119-77-64(89-83(102)115-56-36-24-13-25-37-56)71(109-49(6)95)68-62(117-77)43-104-75(120-68)51-26-14-8-15-27-51/h8-37,57-73,75-78H,38-43H2,1-7H3,(H,84,98)(H,85,99)(H,86,97)(H,87,100)(H,88,101)(H,89,102)/t57-,58+,59-,60+,61-,62-,63-,64-,65+,66-,67-,68-,69-,70-,71-,72-,73-,75?,76-,77-,78+/m1/s1. The van der Waals surface area contributed by atoms with Crippen LogP contribution in [0.3, 0.4) is 0 Å². The van der Waals surface area contributed by atoms with E-state index in [-0.39, 0.29) is 35.4 Å². The normalized spacial score (nSPS) is 26.5. The molecule has 11 rings (SSSR count). The summed E-state index contributed by atoms with van der Waals surface area (Å²) in [4.78, 5) is 181. The molecule has 650 valence electrons. The van der Waals surface area contributed by atoms with Crippen molar-refractivity contribution < 1.29 is 157 Å². The first-order valence-electron chi connectivity index (χ1n) is 38.5. The van der Waals surface area contributed by atoms with Crippen LogP contribution in [0.15, 0.2) is 182 Å². The second kappa shape index (κ2) is 43.4. The van der Waals surface area contributed by atoms with Gasteiger partial charge in [0, 0.05) is 67.0 Å². The summed E-state index contributed by atoms with van der Waals surface area (Å²) in [6.07, 6.45) is -38.3. The molecule has 6 aromatic rings. The maximum atomic E-state index is 15.2. The van der Waals surface area contributed by atoms with Gasteiger partial charge >= 0.3 is 72.3 Å². The molecule has 1 aliphatic carbocycles. The minimum atomic E-state index is -2.25. The summed E-state index contributed by atoms with van der Waals surface area (Å²) in [6, 6.07) is 39.8. The Balaban J connectivity index is 1.05. The van der Waals surface area contributed by atoms with E-state index < -0.39 is 239 Å². The molecule has 1 unspecified atom stereocenters. The van der Waals surface area contributed by atoms with Gasteiger partial charge in [-0.05, 0) is 67.1 Å². The van der Waals surface area contributed by atoms with Crippen LogP contribution in [0.1, 0.15) is 73.2 Å². The minimum absolute atomic E-state index is 0.0125. The smallest absolute Gasteiger partial charge is 0.413 e. The Bertz CT molecular complexity index is 4570. The molecular formula is C83H90N6O33. The molecule has 0 aromatic heterocycles. The van der Waals surface area contributed by atoms with Gasteiger partial charge in [-0.2, -0.15) is 0 Å². The third kappa shape index (κ3) is 25.8. The van der Waals surface area contributed by atoms with Crippen molar-refractivity contribution in [2.45, 2.75) is 190 Å². The van der Waals surface area contributed by atoms with Crippen molar-refractivity contribution in [3.05, 3.63) is 188 Å². The van der Waals surface area contributed by atoms with Gasteiger partial charge in [0.2, 0.25) is 0 Å². The number of carbonyl (C=O) groups excluding carboxylic acids is 13. The predicted octanol–water partition coefficient (Wildman–Crippen LogP) is 5.91. The zero-order valence-electron chi connectivity index (χ0n) is 66.7. The Hall–Kier alpha value is -12.9. The summed E-state index contributed by atoms with van der Waals surface area (Å²) in [5.74, 6) is -8.16. The molecule has 39 heteroatoms. The van der Waals surface area contributed by atoms with Crippen LogP contribution in [-0.2, 0) is 109 Å². The fourth-order valence-corrected chi connectivity index (χ4v) is 13.9. The molecule has 1 saturated carbocycles. The molecule has 21 atom stereocenters. The van der Waals surface area contributed by atoms with Crippen molar-refractivity contribution in [1.29, 1.82) is 0 Å². The molecule has 0 spiro atoms. The molecule has 5 fully saturated rings. The highest BCUT2D eigenvalue weighted by Gasteiger charge is 2.61. The van der Waals surface area contributed by atoms with Gasteiger partial charge in [-0.25, -0.2) is 24.0 Å². The van der Waals surface area contributed by atoms with E-state index in [0.29, 0.717) is 5.56 Å². The molecule has 4 saturated heterocycles. The fourth-order valence-electron chi connectivity index (χ4n) is 13.9. The van der Waals surface area contributed by atoms with Crippen molar-refractivity contribution in [2.24, 2.45) is 0 Å². The SMILES string of the molecule is CC(=O)OC[C@H]1O[C@@H](O[C@@H]2[C@@H](OC(C)=O)[C@H](NC(=O)[C@@H](CCNC(=O)Oc3ccccc3)OC(C)=O)C[C@H](NC(=O)Oc3ccccc3)[C@H]2O[C@H]2O[C@@H]3COC(c4ccccc4)O[C@H]3[C@H](OC(C)=O)[C@H]2NC(=O)Oc2ccccc2)[C@H](OC(C)=O)[C@@H]1O[C@H]1O[C@@H](CNC(=O)Oc2ccccc2)[C@@H](OC(C)=O)[C@H](OC(C)=O)[C@H]1NC(=O)Oc1ccccc1. The van der Waals surface area contributed by atoms with Crippen LogP contribution in [0.25, 0.3) is 0 Å². The van der Waals surface area contributed by atoms with E-state index in [0.717, 1.165) is 48.5 Å². The Kier molecular flexibility index (Phi) is 32.0. The lowest BCUT2D eigenvalue weighted by molar-refractivity contribution is -0.358. The number of benzene rings is 6. The Labute approximate surface area is 697 Å². The highest BCUT2D eigenvalue weighted by molar-refractivity contribution is 5.84. The van der Waals surface area contributed by atoms with Gasteiger partial charge in [-0.15, -0.1) is 0 Å². The summed E-state index contributed by atoms with van der Waals surface area (Å²) in [6.45, 7) is 4.63. The Morgan fingerprint density at radius 3 is 1.28 bits per heavy atom. The molecule has 5 aliphatic rings. The van der Waals surface area contributed by atoms with Crippen molar-refractivity contribution in [2.75, 3.05) is 26.3 Å². The first-order valence-corrected chi connectivity index (χ1v) is 38.5. The monoisotopic (exact) mass is 1700 g/mol. The van der Waals surface area contributed by atoms with Crippen LogP contribution >= 0.6 is 0 Å². The number of hydrogen-bond acceptors (Lipinski definition) is 33. The van der Waals surface area contributed by atoms with Gasteiger partial charge in [0.05, 0.1) is 25.2 Å². The summed E-state index contributed by atoms with van der Waals surface area (Å²) in [5.41, 5.74) is 0.504. The van der Waals surface area contributed by atoms with Crippen molar-refractivity contribution in [3.63, 3.8) is 0 Å². The van der Waals surface area contributed by atoms with Crippen LogP contribution in [0.2, 0.25) is 0 Å². The molecule has 6 amide bonds. The number of para-hydroxylation sites is 5. The highest BCUT2D eigenvalue weighted by Crippen LogP contribution is 2.42. The second-order valence-corrected chi connectivity index (χ2v) is 27.9. The van der Waals surface area contributed by atoms with Crippen molar-refractivity contribution >= 4 is 78.2 Å². The highest BCUT2D eigenvalue weighted by atomic mass is 16.8. The molecule has 4 heterocycles. The van der Waals surface area contributed by atoms with E-state index >= 15 is 4.79 Å². The van der Waals surface area contributed by atoms with Crippen molar-refractivity contribution in [3.8, 4) is 28.7 Å². The number of fused-ring (bicyclic) bond motifs is 1. The summed E-state index contributed by atoms with van der Waals surface area (Å²) in [5, 5.41) is 15.8. The third-order valence-corrected chi connectivity index (χ3v) is 18.8. The molecule has 4 aliphatic heterocycles. The fraction of sp³-hybridized carbons (Fsp3) is 0.410. The van der Waals surface area contributed by atoms with E-state index in [1.54, 1.807) is 109 Å². The molecule has 0 radical (unpaired) electrons. The van der Waals surface area contributed by atoms with Gasteiger partial charge < -0.3 is 127 Å². The lowest BCUT2D eigenvalue weighted by Crippen LogP contribution is -2.72. The van der Waals surface area contributed by atoms with Crippen LogP contribution < -0.4 is 55.6 Å². The van der Waals surface area contributed by atoms with Crippen LogP contribution in [0.4, 0.5) is 24.0 Å². The number of hydrogen-bond donors (Lipinski definition) is 6.